The number of carbonyl (C=O) groups is 2. The van der Waals surface area contributed by atoms with Crippen molar-refractivity contribution >= 4 is 27.9 Å². The van der Waals surface area contributed by atoms with Crippen LogP contribution in [0.25, 0.3) is 0 Å². The average molecular weight is 465 g/mol. The zero-order valence-corrected chi connectivity index (χ0v) is 17.1. The first kappa shape index (κ1) is 19.8. The van der Waals surface area contributed by atoms with Crippen LogP contribution < -0.4 is 0 Å². The van der Waals surface area contributed by atoms with E-state index < -0.39 is 23.3 Å². The molecule has 2 fully saturated rings. The number of rotatable bonds is 3. The molecule has 2 heterocycles. The van der Waals surface area contributed by atoms with Crippen molar-refractivity contribution in [1.29, 1.82) is 0 Å². The molecule has 0 N–H and O–H groups in total. The number of benzene rings is 2. The topological polar surface area (TPSA) is 49.9 Å². The number of carbonyl (C=O) groups excluding carboxylic acids is 2. The molecule has 8 heteroatoms. The summed E-state index contributed by atoms with van der Waals surface area (Å²) in [5.74, 6) is -1.91. The summed E-state index contributed by atoms with van der Waals surface area (Å²) >= 11 is 3.37. The number of ether oxygens (including phenoxy) is 1. The van der Waals surface area contributed by atoms with Crippen molar-refractivity contribution < 1.29 is 23.1 Å². The Kier molecular flexibility index (Phi) is 5.29. The Hall–Kier alpha value is -2.48. The minimum Gasteiger partial charge on any atom is -0.441 e. The highest BCUT2D eigenvalue weighted by Gasteiger charge is 2.47. The van der Waals surface area contributed by atoms with E-state index in [2.05, 4.69) is 15.9 Å². The first-order chi connectivity index (χ1) is 13.8. The van der Waals surface area contributed by atoms with Gasteiger partial charge < -0.3 is 9.64 Å². The van der Waals surface area contributed by atoms with Crippen LogP contribution in [-0.2, 0) is 11.3 Å². The standard InChI is InChI=1S/C21H19BrF2N2O3/c22-16-3-1-2-15(11-16)19(27)25-8-6-21(7-9-25)13-26(20(28)29-21)12-14-4-5-17(23)18(24)10-14/h1-5,10-11H,6-9,12-13H2. The third-order valence-electron chi connectivity index (χ3n) is 5.43. The maximum Gasteiger partial charge on any atom is 0.410 e. The predicted molar refractivity (Wildman–Crippen MR) is 105 cm³/mol. The maximum atomic E-state index is 13.4. The molecule has 0 saturated carbocycles. The number of halogens is 3. The molecule has 0 radical (unpaired) electrons. The Morgan fingerprint density at radius 1 is 1.10 bits per heavy atom. The smallest absolute Gasteiger partial charge is 0.410 e. The van der Waals surface area contributed by atoms with Crippen LogP contribution in [0.4, 0.5) is 13.6 Å². The molecule has 2 aliphatic rings. The van der Waals surface area contributed by atoms with Gasteiger partial charge in [-0.1, -0.05) is 28.1 Å². The minimum absolute atomic E-state index is 0.0517. The lowest BCUT2D eigenvalue weighted by Gasteiger charge is -2.37. The average Bonchev–Trinajstić information content (AvgIpc) is 2.99. The summed E-state index contributed by atoms with van der Waals surface area (Å²) in [5, 5.41) is 0. The lowest BCUT2D eigenvalue weighted by Crippen LogP contribution is -2.48. The summed E-state index contributed by atoms with van der Waals surface area (Å²) in [6, 6.07) is 10.8. The molecule has 0 aliphatic carbocycles. The molecule has 1 spiro atoms. The SMILES string of the molecule is O=C1OC2(CCN(C(=O)c3cccc(Br)c3)CC2)CN1Cc1ccc(F)c(F)c1. The Labute approximate surface area is 175 Å². The molecule has 152 valence electrons. The number of hydrogen-bond donors (Lipinski definition) is 0. The predicted octanol–water partition coefficient (Wildman–Crippen LogP) is 4.35. The fourth-order valence-electron chi connectivity index (χ4n) is 3.85. The van der Waals surface area contributed by atoms with Gasteiger partial charge in [-0.3, -0.25) is 9.69 Å². The summed E-state index contributed by atoms with van der Waals surface area (Å²) in [6.07, 6.45) is 0.598. The second-order valence-electron chi connectivity index (χ2n) is 7.46. The molecule has 2 aliphatic heterocycles. The Bertz CT molecular complexity index is 961. The van der Waals surface area contributed by atoms with Crippen molar-refractivity contribution in [3.05, 3.63) is 69.7 Å². The van der Waals surface area contributed by atoms with E-state index in [0.717, 1.165) is 16.6 Å². The number of likely N-dealkylation sites (tertiary alicyclic amines) is 1. The quantitative estimate of drug-likeness (QED) is 0.678. The van der Waals surface area contributed by atoms with Crippen molar-refractivity contribution in [2.75, 3.05) is 19.6 Å². The highest BCUT2D eigenvalue weighted by atomic mass is 79.9. The zero-order chi connectivity index (χ0) is 20.6. The molecule has 29 heavy (non-hydrogen) atoms. The molecule has 0 atom stereocenters. The third-order valence-corrected chi connectivity index (χ3v) is 5.93. The maximum absolute atomic E-state index is 13.4. The van der Waals surface area contributed by atoms with Crippen LogP contribution in [0.1, 0.15) is 28.8 Å². The fraction of sp³-hybridized carbons (Fsp3) is 0.333. The lowest BCUT2D eigenvalue weighted by atomic mass is 9.91. The molecule has 2 aromatic rings. The highest BCUT2D eigenvalue weighted by Crippen LogP contribution is 2.34. The fourth-order valence-corrected chi connectivity index (χ4v) is 4.25. The van der Waals surface area contributed by atoms with Crippen LogP contribution >= 0.6 is 15.9 Å². The monoisotopic (exact) mass is 464 g/mol. The summed E-state index contributed by atoms with van der Waals surface area (Å²) in [5.41, 5.74) is 0.461. The van der Waals surface area contributed by atoms with Gasteiger partial charge in [-0.05, 0) is 35.9 Å². The molecule has 2 amide bonds. The van der Waals surface area contributed by atoms with Crippen molar-refractivity contribution in [3.8, 4) is 0 Å². The summed E-state index contributed by atoms with van der Waals surface area (Å²) < 4.78 is 33.0. The van der Waals surface area contributed by atoms with Gasteiger partial charge in [0.2, 0.25) is 0 Å². The number of nitrogens with zero attached hydrogens (tertiary/aromatic N) is 2. The zero-order valence-electron chi connectivity index (χ0n) is 15.5. The van der Waals surface area contributed by atoms with E-state index in [1.807, 2.05) is 12.1 Å². The molecule has 0 bridgehead atoms. The largest absolute Gasteiger partial charge is 0.441 e. The first-order valence-corrected chi connectivity index (χ1v) is 10.1. The molecule has 0 aromatic heterocycles. The second-order valence-corrected chi connectivity index (χ2v) is 8.37. The summed E-state index contributed by atoms with van der Waals surface area (Å²) in [7, 11) is 0. The van der Waals surface area contributed by atoms with E-state index in [9.17, 15) is 18.4 Å². The van der Waals surface area contributed by atoms with E-state index in [1.54, 1.807) is 17.0 Å². The Morgan fingerprint density at radius 3 is 2.55 bits per heavy atom. The number of piperidine rings is 1. The normalized spacial score (nSPS) is 18.2. The van der Waals surface area contributed by atoms with Crippen molar-refractivity contribution in [1.82, 2.24) is 9.80 Å². The van der Waals surface area contributed by atoms with Gasteiger partial charge in [0.1, 0.15) is 5.60 Å². The van der Waals surface area contributed by atoms with Gasteiger partial charge in [-0.2, -0.15) is 0 Å². The van der Waals surface area contributed by atoms with Crippen LogP contribution in [0.2, 0.25) is 0 Å². The molecule has 5 nitrogen and oxygen atoms in total. The van der Waals surface area contributed by atoms with Gasteiger partial charge >= 0.3 is 6.09 Å². The number of amides is 2. The Morgan fingerprint density at radius 2 is 1.86 bits per heavy atom. The second kappa shape index (κ2) is 7.74. The molecular weight excluding hydrogens is 446 g/mol. The van der Waals surface area contributed by atoms with Gasteiger partial charge in [0.25, 0.3) is 5.91 Å². The van der Waals surface area contributed by atoms with Gasteiger partial charge in [-0.15, -0.1) is 0 Å². The van der Waals surface area contributed by atoms with Crippen molar-refractivity contribution in [2.24, 2.45) is 0 Å². The molecule has 4 rings (SSSR count). The van der Waals surface area contributed by atoms with Crippen LogP contribution in [0.5, 0.6) is 0 Å². The molecule has 2 saturated heterocycles. The molecular formula is C21H19BrF2N2O3. The van der Waals surface area contributed by atoms with Gasteiger partial charge in [0.05, 0.1) is 6.54 Å². The minimum atomic E-state index is -0.941. The van der Waals surface area contributed by atoms with Crippen LogP contribution in [0.3, 0.4) is 0 Å². The first-order valence-electron chi connectivity index (χ1n) is 9.32. The lowest BCUT2D eigenvalue weighted by molar-refractivity contribution is 0.00312. The van der Waals surface area contributed by atoms with Crippen LogP contribution in [-0.4, -0.2) is 47.0 Å². The van der Waals surface area contributed by atoms with Crippen LogP contribution in [0.15, 0.2) is 46.9 Å². The molecule has 2 aromatic carbocycles. The summed E-state index contributed by atoms with van der Waals surface area (Å²) in [4.78, 5) is 28.3. The molecule has 0 unspecified atom stereocenters. The van der Waals surface area contributed by atoms with E-state index in [1.165, 1.54) is 11.0 Å². The summed E-state index contributed by atoms with van der Waals surface area (Å²) in [6.45, 7) is 1.48. The van der Waals surface area contributed by atoms with Gasteiger partial charge in [0.15, 0.2) is 11.6 Å². The highest BCUT2D eigenvalue weighted by molar-refractivity contribution is 9.10. The van der Waals surface area contributed by atoms with Crippen LogP contribution in [0, 0.1) is 11.6 Å². The van der Waals surface area contributed by atoms with E-state index in [4.69, 9.17) is 4.74 Å². The van der Waals surface area contributed by atoms with Crippen molar-refractivity contribution in [3.63, 3.8) is 0 Å². The van der Waals surface area contributed by atoms with Gasteiger partial charge in [-0.25, -0.2) is 13.6 Å². The van der Waals surface area contributed by atoms with E-state index in [0.29, 0.717) is 43.6 Å². The van der Waals surface area contributed by atoms with E-state index >= 15 is 0 Å². The van der Waals surface area contributed by atoms with Crippen molar-refractivity contribution in [2.45, 2.75) is 25.0 Å². The van der Waals surface area contributed by atoms with E-state index in [-0.39, 0.29) is 12.5 Å². The van der Waals surface area contributed by atoms with Gasteiger partial charge in [0, 0.05) is 42.5 Å². The number of hydrogen-bond acceptors (Lipinski definition) is 3. The third kappa shape index (κ3) is 4.12. The Balaban J connectivity index is 1.39.